The van der Waals surface area contributed by atoms with Crippen molar-refractivity contribution >= 4 is 23.0 Å². The first-order valence-corrected chi connectivity index (χ1v) is 8.61. The smallest absolute Gasteiger partial charge is 0.171 e. The van der Waals surface area contributed by atoms with Crippen LogP contribution < -0.4 is 15.4 Å². The summed E-state index contributed by atoms with van der Waals surface area (Å²) in [5, 5.41) is 7.51. The number of benzene rings is 2. The topological polar surface area (TPSA) is 33.3 Å². The predicted octanol–water partition coefficient (Wildman–Crippen LogP) is 3.88. The minimum Gasteiger partial charge on any atom is -0.497 e. The van der Waals surface area contributed by atoms with E-state index in [1.54, 1.807) is 7.11 Å². The monoisotopic (exact) mass is 336 g/mol. The van der Waals surface area contributed by atoms with Crippen LogP contribution in [0, 0.1) is 6.92 Å². The molecule has 0 bridgehead atoms. The van der Waals surface area contributed by atoms with E-state index in [1.165, 1.54) is 27.8 Å². The summed E-state index contributed by atoms with van der Waals surface area (Å²) in [6, 6.07) is 15.1. The lowest BCUT2D eigenvalue weighted by Crippen LogP contribution is -2.44. The van der Waals surface area contributed by atoms with Crippen molar-refractivity contribution in [2.75, 3.05) is 7.11 Å². The molecule has 2 aliphatic rings. The van der Waals surface area contributed by atoms with Crippen molar-refractivity contribution in [1.82, 2.24) is 10.6 Å². The molecule has 0 spiro atoms. The third-order valence-corrected chi connectivity index (χ3v) is 5.06. The van der Waals surface area contributed by atoms with Crippen LogP contribution in [0.2, 0.25) is 0 Å². The third kappa shape index (κ3) is 2.57. The summed E-state index contributed by atoms with van der Waals surface area (Å²) in [5.74, 6) is 0.907. The van der Waals surface area contributed by atoms with Gasteiger partial charge in [-0.05, 0) is 66.9 Å². The summed E-state index contributed by atoms with van der Waals surface area (Å²) in [4.78, 5) is 0. The number of nitrogens with one attached hydrogen (secondary N) is 2. The second-order valence-electron chi connectivity index (χ2n) is 6.37. The second-order valence-corrected chi connectivity index (χ2v) is 6.77. The molecule has 0 radical (unpaired) electrons. The van der Waals surface area contributed by atoms with Gasteiger partial charge in [0.25, 0.3) is 0 Å². The Kier molecular flexibility index (Phi) is 3.77. The number of thiocarbonyl (C=S) groups is 1. The first-order valence-electron chi connectivity index (χ1n) is 8.20. The number of ether oxygens (including phenoxy) is 1. The van der Waals surface area contributed by atoms with Crippen molar-refractivity contribution in [3.8, 4) is 5.75 Å². The van der Waals surface area contributed by atoms with Crippen LogP contribution in [0.5, 0.6) is 5.75 Å². The molecule has 0 fully saturated rings. The van der Waals surface area contributed by atoms with Crippen molar-refractivity contribution < 1.29 is 4.74 Å². The van der Waals surface area contributed by atoms with Crippen molar-refractivity contribution in [3.63, 3.8) is 0 Å². The van der Waals surface area contributed by atoms with E-state index in [0.29, 0.717) is 5.11 Å². The fraction of sp³-hybridized carbons (Fsp3) is 0.250. The van der Waals surface area contributed by atoms with E-state index in [2.05, 4.69) is 54.0 Å². The van der Waals surface area contributed by atoms with Gasteiger partial charge < -0.3 is 15.4 Å². The standard InChI is InChI=1S/C20H20N2OS/c1-12-3-5-13(6-4-12)18-17-9-7-14-11-15(23-2)8-10-16(14)19(17)22-20(24)21-18/h3-6,8,10-11,18H,7,9H2,1-2H3,(H2,21,22,24). The molecule has 2 aromatic carbocycles. The number of hydrogen-bond donors (Lipinski definition) is 2. The summed E-state index contributed by atoms with van der Waals surface area (Å²) in [6.07, 6.45) is 2.03. The average Bonchev–Trinajstić information content (AvgIpc) is 2.61. The lowest BCUT2D eigenvalue weighted by molar-refractivity contribution is 0.414. The molecule has 4 heteroatoms. The summed E-state index contributed by atoms with van der Waals surface area (Å²) in [5.41, 5.74) is 7.61. The Balaban J connectivity index is 1.81. The van der Waals surface area contributed by atoms with E-state index < -0.39 is 0 Å². The van der Waals surface area contributed by atoms with E-state index in [0.717, 1.165) is 24.3 Å². The molecule has 24 heavy (non-hydrogen) atoms. The molecule has 0 saturated carbocycles. The summed E-state index contributed by atoms with van der Waals surface area (Å²) in [7, 11) is 1.71. The molecular formula is C20H20N2OS. The fourth-order valence-corrected chi connectivity index (χ4v) is 3.78. The molecule has 2 N–H and O–H groups in total. The maximum absolute atomic E-state index is 5.47. The van der Waals surface area contributed by atoms with E-state index in [1.807, 2.05) is 6.07 Å². The molecule has 0 amide bonds. The Morgan fingerprint density at radius 3 is 2.62 bits per heavy atom. The van der Waals surface area contributed by atoms with Crippen molar-refractivity contribution in [2.24, 2.45) is 0 Å². The van der Waals surface area contributed by atoms with Gasteiger partial charge in [0.05, 0.1) is 13.2 Å². The highest BCUT2D eigenvalue weighted by Gasteiger charge is 2.30. The molecule has 3 nitrogen and oxygen atoms in total. The maximum atomic E-state index is 5.47. The molecule has 1 aliphatic heterocycles. The van der Waals surface area contributed by atoms with Crippen LogP contribution in [0.3, 0.4) is 0 Å². The summed E-state index contributed by atoms with van der Waals surface area (Å²) in [6.45, 7) is 2.11. The first-order chi connectivity index (χ1) is 11.7. The highest BCUT2D eigenvalue weighted by molar-refractivity contribution is 7.80. The second kappa shape index (κ2) is 5.95. The van der Waals surface area contributed by atoms with Gasteiger partial charge in [-0.15, -0.1) is 0 Å². The van der Waals surface area contributed by atoms with Gasteiger partial charge in [-0.25, -0.2) is 0 Å². The molecule has 1 heterocycles. The van der Waals surface area contributed by atoms with Gasteiger partial charge in [0.15, 0.2) is 5.11 Å². The van der Waals surface area contributed by atoms with Gasteiger partial charge in [-0.2, -0.15) is 0 Å². The third-order valence-electron chi connectivity index (χ3n) is 4.84. The highest BCUT2D eigenvalue weighted by Crippen LogP contribution is 2.39. The van der Waals surface area contributed by atoms with Crippen LogP contribution in [0.1, 0.15) is 34.7 Å². The van der Waals surface area contributed by atoms with Crippen LogP contribution >= 0.6 is 12.2 Å². The molecule has 2 aromatic rings. The first kappa shape index (κ1) is 15.2. The van der Waals surface area contributed by atoms with Gasteiger partial charge in [0, 0.05) is 11.3 Å². The molecule has 0 saturated heterocycles. The van der Waals surface area contributed by atoms with Gasteiger partial charge in [0.2, 0.25) is 0 Å². The Labute approximate surface area is 147 Å². The number of hydrogen-bond acceptors (Lipinski definition) is 2. The normalized spacial score (nSPS) is 19.1. The van der Waals surface area contributed by atoms with Crippen LogP contribution in [0.25, 0.3) is 5.70 Å². The number of methoxy groups -OCH3 is 1. The fourth-order valence-electron chi connectivity index (χ4n) is 3.56. The molecule has 4 rings (SSSR count). The molecule has 1 aliphatic carbocycles. The summed E-state index contributed by atoms with van der Waals surface area (Å²) < 4.78 is 5.36. The van der Waals surface area contributed by atoms with Gasteiger partial charge in [0.1, 0.15) is 5.75 Å². The van der Waals surface area contributed by atoms with Crippen molar-refractivity contribution in [3.05, 3.63) is 70.3 Å². The number of rotatable bonds is 2. The van der Waals surface area contributed by atoms with Crippen LogP contribution in [-0.4, -0.2) is 12.2 Å². The lowest BCUT2D eigenvalue weighted by atomic mass is 9.82. The van der Waals surface area contributed by atoms with E-state index in [4.69, 9.17) is 17.0 Å². The van der Waals surface area contributed by atoms with Gasteiger partial charge in [-0.1, -0.05) is 29.8 Å². The Morgan fingerprint density at radius 1 is 1.08 bits per heavy atom. The van der Waals surface area contributed by atoms with E-state index in [-0.39, 0.29) is 6.04 Å². The lowest BCUT2D eigenvalue weighted by Gasteiger charge is -2.36. The minimum absolute atomic E-state index is 0.143. The number of aryl methyl sites for hydroxylation is 2. The molecule has 1 unspecified atom stereocenters. The highest BCUT2D eigenvalue weighted by atomic mass is 32.1. The Morgan fingerprint density at radius 2 is 1.88 bits per heavy atom. The zero-order valence-corrected chi connectivity index (χ0v) is 14.7. The van der Waals surface area contributed by atoms with E-state index in [9.17, 15) is 0 Å². The van der Waals surface area contributed by atoms with Crippen molar-refractivity contribution in [1.29, 1.82) is 0 Å². The van der Waals surface area contributed by atoms with E-state index >= 15 is 0 Å². The predicted molar refractivity (Wildman–Crippen MR) is 101 cm³/mol. The molecule has 122 valence electrons. The Bertz CT molecular complexity index is 839. The summed E-state index contributed by atoms with van der Waals surface area (Å²) >= 11 is 5.47. The molecule has 0 aromatic heterocycles. The molecular weight excluding hydrogens is 316 g/mol. The van der Waals surface area contributed by atoms with Crippen LogP contribution in [-0.2, 0) is 6.42 Å². The SMILES string of the molecule is COc1ccc2c(c1)CCC1=C2NC(=S)NC1c1ccc(C)cc1. The van der Waals surface area contributed by atoms with Gasteiger partial charge >= 0.3 is 0 Å². The zero-order chi connectivity index (χ0) is 16.7. The van der Waals surface area contributed by atoms with Crippen LogP contribution in [0.15, 0.2) is 48.0 Å². The molecule has 1 atom stereocenters. The Hall–Kier alpha value is -2.33. The van der Waals surface area contributed by atoms with Crippen molar-refractivity contribution in [2.45, 2.75) is 25.8 Å². The quantitative estimate of drug-likeness (QED) is 0.816. The van der Waals surface area contributed by atoms with Gasteiger partial charge in [-0.3, -0.25) is 0 Å². The minimum atomic E-state index is 0.143. The average molecular weight is 336 g/mol. The number of fused-ring (bicyclic) bond motifs is 2. The van der Waals surface area contributed by atoms with Crippen LogP contribution in [0.4, 0.5) is 0 Å². The maximum Gasteiger partial charge on any atom is 0.171 e. The largest absolute Gasteiger partial charge is 0.497 e. The zero-order valence-electron chi connectivity index (χ0n) is 13.8.